The second-order valence-electron chi connectivity index (χ2n) is 3.62. The number of H-pyrrole nitrogens is 1. The minimum atomic E-state index is -3.54. The first kappa shape index (κ1) is 11.9. The number of benzene rings is 1. The fourth-order valence-electron chi connectivity index (χ4n) is 1.44. The number of hydrogen-bond acceptors (Lipinski definition) is 3. The number of aromatic amines is 1. The molecule has 0 saturated carbocycles. The zero-order valence-electron chi connectivity index (χ0n) is 9.40. The fraction of sp³-hybridized carbons (Fsp3) is 0.300. The van der Waals surface area contributed by atoms with E-state index in [-0.39, 0.29) is 0 Å². The Kier molecular flexibility index (Phi) is 3.30. The monoisotopic (exact) mass is 254 g/mol. The van der Waals surface area contributed by atoms with Crippen molar-refractivity contribution in [1.82, 2.24) is 14.9 Å². The van der Waals surface area contributed by atoms with E-state index < -0.39 is 10.2 Å². The smallest absolute Gasteiger partial charge is 0.276 e. The first-order valence-corrected chi connectivity index (χ1v) is 6.81. The summed E-state index contributed by atoms with van der Waals surface area (Å²) in [5.41, 5.74) is 0.792. The lowest BCUT2D eigenvalue weighted by Crippen LogP contribution is -2.30. The van der Waals surface area contributed by atoms with Gasteiger partial charge in [-0.3, -0.25) is 9.82 Å². The van der Waals surface area contributed by atoms with E-state index in [1.165, 1.54) is 0 Å². The molecule has 3 N–H and O–H groups in total. The maximum Gasteiger partial charge on any atom is 0.300 e. The molecule has 17 heavy (non-hydrogen) atoms. The fourth-order valence-corrected chi connectivity index (χ4v) is 2.40. The maximum atomic E-state index is 11.6. The first-order chi connectivity index (χ1) is 8.12. The van der Waals surface area contributed by atoms with Gasteiger partial charge in [-0.1, -0.05) is 19.1 Å². The molecule has 0 fully saturated rings. The largest absolute Gasteiger partial charge is 0.300 e. The molecule has 1 heterocycles. The molecule has 7 heteroatoms. The van der Waals surface area contributed by atoms with Crippen LogP contribution in [0.1, 0.15) is 13.3 Å². The lowest BCUT2D eigenvalue weighted by molar-refractivity contribution is 0.586. The molecule has 0 aliphatic heterocycles. The summed E-state index contributed by atoms with van der Waals surface area (Å²) >= 11 is 0. The summed E-state index contributed by atoms with van der Waals surface area (Å²) in [6.45, 7) is 2.30. The number of nitrogens with one attached hydrogen (secondary N) is 3. The average Bonchev–Trinajstić information content (AvgIpc) is 2.70. The van der Waals surface area contributed by atoms with Gasteiger partial charge in [-0.15, -0.1) is 0 Å². The summed E-state index contributed by atoms with van der Waals surface area (Å²) in [5, 5.41) is 7.44. The molecular formula is C10H14N4O2S. The van der Waals surface area contributed by atoms with Crippen LogP contribution in [0.3, 0.4) is 0 Å². The van der Waals surface area contributed by atoms with Crippen LogP contribution >= 0.6 is 0 Å². The van der Waals surface area contributed by atoms with Crippen LogP contribution in [0.15, 0.2) is 24.3 Å². The number of para-hydroxylation sites is 1. The van der Waals surface area contributed by atoms with Crippen molar-refractivity contribution in [3.63, 3.8) is 0 Å². The number of aromatic nitrogens is 2. The summed E-state index contributed by atoms with van der Waals surface area (Å²) in [6, 6.07) is 7.32. The van der Waals surface area contributed by atoms with Crippen molar-refractivity contribution in [2.24, 2.45) is 0 Å². The summed E-state index contributed by atoms with van der Waals surface area (Å²) in [7, 11) is -3.54. The molecule has 92 valence electrons. The SMILES string of the molecule is CCCNS(=O)(=O)Nc1n[nH]c2ccccc12. The van der Waals surface area contributed by atoms with Crippen LogP contribution in [0.25, 0.3) is 10.9 Å². The second-order valence-corrected chi connectivity index (χ2v) is 5.12. The van der Waals surface area contributed by atoms with Gasteiger partial charge in [0.05, 0.1) is 5.52 Å². The van der Waals surface area contributed by atoms with Gasteiger partial charge in [0.2, 0.25) is 0 Å². The van der Waals surface area contributed by atoms with E-state index in [9.17, 15) is 8.42 Å². The maximum absolute atomic E-state index is 11.6. The van der Waals surface area contributed by atoms with Crippen LogP contribution in [-0.4, -0.2) is 25.2 Å². The molecule has 0 amide bonds. The summed E-state index contributed by atoms with van der Waals surface area (Å²) < 4.78 is 28.1. The number of fused-ring (bicyclic) bond motifs is 1. The zero-order valence-corrected chi connectivity index (χ0v) is 10.2. The summed E-state index contributed by atoms with van der Waals surface area (Å²) in [5.74, 6) is 0.309. The topological polar surface area (TPSA) is 86.9 Å². The van der Waals surface area contributed by atoms with Gasteiger partial charge in [-0.25, -0.2) is 0 Å². The zero-order chi connectivity index (χ0) is 12.3. The van der Waals surface area contributed by atoms with E-state index in [0.29, 0.717) is 12.4 Å². The highest BCUT2D eigenvalue weighted by atomic mass is 32.2. The van der Waals surface area contributed by atoms with Gasteiger partial charge in [0.1, 0.15) is 0 Å². The normalized spacial score (nSPS) is 11.8. The predicted octanol–water partition coefficient (Wildman–Crippen LogP) is 1.22. The molecule has 1 aromatic heterocycles. The molecular weight excluding hydrogens is 240 g/mol. The Morgan fingerprint density at radius 2 is 2.12 bits per heavy atom. The summed E-state index contributed by atoms with van der Waals surface area (Å²) in [6.07, 6.45) is 0.738. The van der Waals surface area contributed by atoms with E-state index in [4.69, 9.17) is 0 Å². The van der Waals surface area contributed by atoms with Crippen LogP contribution in [-0.2, 0) is 10.2 Å². The van der Waals surface area contributed by atoms with Crippen LogP contribution in [0.4, 0.5) is 5.82 Å². The standard InChI is InChI=1S/C10H14N4O2S/c1-2-7-11-17(15,16)14-10-8-5-3-4-6-9(8)12-13-10/h3-6,11H,2,7H2,1H3,(H2,12,13,14). The van der Waals surface area contributed by atoms with E-state index in [1.807, 2.05) is 25.1 Å². The number of anilines is 1. The Balaban J connectivity index is 2.24. The van der Waals surface area contributed by atoms with Crippen LogP contribution in [0, 0.1) is 0 Å². The highest BCUT2D eigenvalue weighted by Gasteiger charge is 2.12. The molecule has 0 unspecified atom stereocenters. The molecule has 0 atom stereocenters. The third-order valence-electron chi connectivity index (χ3n) is 2.24. The quantitative estimate of drug-likeness (QED) is 0.749. The predicted molar refractivity (Wildman–Crippen MR) is 66.9 cm³/mol. The molecule has 6 nitrogen and oxygen atoms in total. The van der Waals surface area contributed by atoms with Crippen molar-refractivity contribution in [3.8, 4) is 0 Å². The minimum absolute atomic E-state index is 0.309. The molecule has 1 aromatic carbocycles. The van der Waals surface area contributed by atoms with Gasteiger partial charge in [0.25, 0.3) is 10.2 Å². The highest BCUT2D eigenvalue weighted by Crippen LogP contribution is 2.19. The van der Waals surface area contributed by atoms with Gasteiger partial charge < -0.3 is 0 Å². The van der Waals surface area contributed by atoms with Gasteiger partial charge in [-0.2, -0.15) is 18.2 Å². The molecule has 2 rings (SSSR count). The Bertz CT molecular complexity index is 606. The van der Waals surface area contributed by atoms with E-state index in [0.717, 1.165) is 17.3 Å². The van der Waals surface area contributed by atoms with Crippen molar-refractivity contribution in [2.45, 2.75) is 13.3 Å². The third-order valence-corrected chi connectivity index (χ3v) is 3.29. The molecule has 0 aliphatic carbocycles. The second kappa shape index (κ2) is 4.72. The van der Waals surface area contributed by atoms with Crippen molar-refractivity contribution in [1.29, 1.82) is 0 Å². The van der Waals surface area contributed by atoms with Crippen molar-refractivity contribution < 1.29 is 8.42 Å². The van der Waals surface area contributed by atoms with E-state index >= 15 is 0 Å². The lowest BCUT2D eigenvalue weighted by atomic mass is 10.2. The van der Waals surface area contributed by atoms with Gasteiger partial charge in [0, 0.05) is 11.9 Å². The number of rotatable bonds is 5. The number of nitrogens with zero attached hydrogens (tertiary/aromatic N) is 1. The summed E-state index contributed by atoms with van der Waals surface area (Å²) in [4.78, 5) is 0. The lowest BCUT2D eigenvalue weighted by Gasteiger charge is -2.05. The highest BCUT2D eigenvalue weighted by molar-refractivity contribution is 7.90. The van der Waals surface area contributed by atoms with E-state index in [2.05, 4.69) is 19.6 Å². The molecule has 0 radical (unpaired) electrons. The van der Waals surface area contributed by atoms with Crippen LogP contribution < -0.4 is 9.44 Å². The molecule has 0 saturated heterocycles. The minimum Gasteiger partial charge on any atom is -0.276 e. The Morgan fingerprint density at radius 1 is 1.35 bits per heavy atom. The molecule has 2 aromatic rings. The van der Waals surface area contributed by atoms with Crippen LogP contribution in [0.5, 0.6) is 0 Å². The average molecular weight is 254 g/mol. The van der Waals surface area contributed by atoms with Gasteiger partial charge in [0.15, 0.2) is 5.82 Å². The van der Waals surface area contributed by atoms with E-state index in [1.54, 1.807) is 6.07 Å². The third kappa shape index (κ3) is 2.75. The molecule has 0 spiro atoms. The van der Waals surface area contributed by atoms with Crippen LogP contribution in [0.2, 0.25) is 0 Å². The van der Waals surface area contributed by atoms with Gasteiger partial charge >= 0.3 is 0 Å². The van der Waals surface area contributed by atoms with Gasteiger partial charge in [-0.05, 0) is 18.6 Å². The molecule has 0 aliphatic rings. The Labute approximate surface area is 99.6 Å². The number of hydrogen-bond donors (Lipinski definition) is 3. The Hall–Kier alpha value is -1.60. The van der Waals surface area contributed by atoms with Crippen molar-refractivity contribution >= 4 is 26.9 Å². The first-order valence-electron chi connectivity index (χ1n) is 5.33. The van der Waals surface area contributed by atoms with Crippen molar-refractivity contribution in [3.05, 3.63) is 24.3 Å². The van der Waals surface area contributed by atoms with Crippen molar-refractivity contribution in [2.75, 3.05) is 11.3 Å². The Morgan fingerprint density at radius 3 is 2.88 bits per heavy atom. The molecule has 0 bridgehead atoms.